The van der Waals surface area contributed by atoms with Crippen LogP contribution in [0.4, 0.5) is 11.5 Å². The Morgan fingerprint density at radius 1 is 1.19 bits per heavy atom. The number of rotatable bonds is 4. The molecule has 0 aliphatic heterocycles. The van der Waals surface area contributed by atoms with Gasteiger partial charge < -0.3 is 14.5 Å². The van der Waals surface area contributed by atoms with Crippen molar-refractivity contribution in [3.05, 3.63) is 12.3 Å². The summed E-state index contributed by atoms with van der Waals surface area (Å²) in [5, 5.41) is 0. The van der Waals surface area contributed by atoms with Crippen LogP contribution in [0, 0.1) is 0 Å². The highest BCUT2D eigenvalue weighted by Crippen LogP contribution is 2.34. The molecule has 1 aliphatic carbocycles. The van der Waals surface area contributed by atoms with E-state index >= 15 is 0 Å². The Balaban J connectivity index is 2.29. The van der Waals surface area contributed by atoms with Gasteiger partial charge in [-0.15, -0.1) is 0 Å². The lowest BCUT2D eigenvalue weighted by Gasteiger charge is -2.19. The fourth-order valence-electron chi connectivity index (χ4n) is 1.46. The van der Waals surface area contributed by atoms with Crippen LogP contribution >= 0.6 is 0 Å². The van der Waals surface area contributed by atoms with Crippen LogP contribution in [0.15, 0.2) is 12.3 Å². The smallest absolute Gasteiger partial charge is 0.171 e. The molecule has 0 unspecified atom stereocenters. The molecule has 1 fully saturated rings. The Morgan fingerprint density at radius 3 is 2.38 bits per heavy atom. The molecule has 0 N–H and O–H groups in total. The summed E-state index contributed by atoms with van der Waals surface area (Å²) in [6.45, 7) is 0. The van der Waals surface area contributed by atoms with Crippen LogP contribution in [0.25, 0.3) is 0 Å². The van der Waals surface area contributed by atoms with Crippen molar-refractivity contribution in [3.63, 3.8) is 0 Å². The quantitative estimate of drug-likeness (QED) is 0.774. The highest BCUT2D eigenvalue weighted by atomic mass is 16.5. The largest absolute Gasteiger partial charge is 0.486 e. The molecule has 0 spiro atoms. The van der Waals surface area contributed by atoms with E-state index < -0.39 is 0 Å². The van der Waals surface area contributed by atoms with Gasteiger partial charge in [0, 0.05) is 34.3 Å². The number of hydrogen-bond donors (Lipinski definition) is 0. The molecule has 1 heterocycles. The Hall–Kier alpha value is -1.45. The van der Waals surface area contributed by atoms with Crippen LogP contribution in [0.3, 0.4) is 0 Å². The number of anilines is 2. The topological polar surface area (TPSA) is 28.6 Å². The second-order valence-electron chi connectivity index (χ2n) is 4.62. The molecule has 1 aromatic heterocycles. The normalized spacial score (nSPS) is 14.8. The van der Waals surface area contributed by atoms with E-state index in [-0.39, 0.29) is 0 Å². The van der Waals surface area contributed by atoms with Crippen molar-refractivity contribution in [3.8, 4) is 5.75 Å². The zero-order valence-corrected chi connectivity index (χ0v) is 10.4. The summed E-state index contributed by atoms with van der Waals surface area (Å²) in [6, 6.07) is 2.06. The fraction of sp³-hybridized carbons (Fsp3) is 0.583. The number of aromatic nitrogens is 1. The van der Waals surface area contributed by atoms with E-state index in [1.807, 2.05) is 44.2 Å². The highest BCUT2D eigenvalue weighted by Gasteiger charge is 2.25. The van der Waals surface area contributed by atoms with Crippen LogP contribution < -0.4 is 14.5 Å². The molecular formula is C12H19N3O. The summed E-state index contributed by atoms with van der Waals surface area (Å²) in [4.78, 5) is 8.46. The van der Waals surface area contributed by atoms with Crippen molar-refractivity contribution in [2.45, 2.75) is 18.9 Å². The van der Waals surface area contributed by atoms with Gasteiger partial charge in [-0.1, -0.05) is 0 Å². The monoisotopic (exact) mass is 221 g/mol. The van der Waals surface area contributed by atoms with Gasteiger partial charge in [0.1, 0.15) is 0 Å². The first-order valence-electron chi connectivity index (χ1n) is 5.59. The summed E-state index contributed by atoms with van der Waals surface area (Å²) in [5.74, 6) is 1.79. The van der Waals surface area contributed by atoms with E-state index in [0.717, 1.165) is 17.3 Å². The second-order valence-corrected chi connectivity index (χ2v) is 4.62. The van der Waals surface area contributed by atoms with E-state index in [1.54, 1.807) is 0 Å². The maximum Gasteiger partial charge on any atom is 0.171 e. The Labute approximate surface area is 96.8 Å². The van der Waals surface area contributed by atoms with Gasteiger partial charge in [-0.25, -0.2) is 4.98 Å². The van der Waals surface area contributed by atoms with Crippen LogP contribution in [0.1, 0.15) is 12.8 Å². The SMILES string of the molecule is CN(C)c1cnc(N(C)C)c(OC2CC2)c1. The standard InChI is InChI=1S/C12H19N3O/c1-14(2)9-7-11(16-10-5-6-10)12(13-8-9)15(3)4/h7-8,10H,5-6H2,1-4H3. The van der Waals surface area contributed by atoms with Gasteiger partial charge >= 0.3 is 0 Å². The molecule has 1 aliphatic rings. The Bertz CT molecular complexity index is 373. The third-order valence-corrected chi connectivity index (χ3v) is 2.58. The van der Waals surface area contributed by atoms with Crippen LogP contribution in [0.5, 0.6) is 5.75 Å². The zero-order chi connectivity index (χ0) is 11.7. The molecule has 88 valence electrons. The van der Waals surface area contributed by atoms with Gasteiger partial charge in [0.15, 0.2) is 11.6 Å². The molecule has 0 amide bonds. The summed E-state index contributed by atoms with van der Waals surface area (Å²) < 4.78 is 5.88. The van der Waals surface area contributed by atoms with Crippen molar-refractivity contribution in [2.75, 3.05) is 38.0 Å². The summed E-state index contributed by atoms with van der Waals surface area (Å²) in [6.07, 6.45) is 4.60. The summed E-state index contributed by atoms with van der Waals surface area (Å²) in [7, 11) is 7.98. The molecule has 1 aromatic rings. The molecule has 4 heteroatoms. The van der Waals surface area contributed by atoms with Crippen LogP contribution in [-0.2, 0) is 0 Å². The maximum atomic E-state index is 5.88. The van der Waals surface area contributed by atoms with E-state index in [9.17, 15) is 0 Å². The average molecular weight is 221 g/mol. The van der Waals surface area contributed by atoms with Gasteiger partial charge in [0.05, 0.1) is 18.0 Å². The second kappa shape index (κ2) is 4.20. The molecular weight excluding hydrogens is 202 g/mol. The lowest BCUT2D eigenvalue weighted by atomic mass is 10.3. The lowest BCUT2D eigenvalue weighted by Crippen LogP contribution is -2.15. The number of ether oxygens (including phenoxy) is 1. The van der Waals surface area contributed by atoms with Gasteiger partial charge in [0.2, 0.25) is 0 Å². The molecule has 0 saturated heterocycles. The van der Waals surface area contributed by atoms with Crippen molar-refractivity contribution in [1.29, 1.82) is 0 Å². The van der Waals surface area contributed by atoms with Crippen molar-refractivity contribution in [2.24, 2.45) is 0 Å². The molecule has 0 radical (unpaired) electrons. The van der Waals surface area contributed by atoms with Crippen LogP contribution in [0.2, 0.25) is 0 Å². The van der Waals surface area contributed by atoms with Gasteiger partial charge in [-0.3, -0.25) is 0 Å². The number of nitrogens with zero attached hydrogens (tertiary/aromatic N) is 3. The van der Waals surface area contributed by atoms with Crippen molar-refractivity contribution in [1.82, 2.24) is 4.98 Å². The summed E-state index contributed by atoms with van der Waals surface area (Å²) >= 11 is 0. The van der Waals surface area contributed by atoms with E-state index in [2.05, 4.69) is 11.1 Å². The molecule has 1 saturated carbocycles. The molecule has 0 atom stereocenters. The fourth-order valence-corrected chi connectivity index (χ4v) is 1.46. The van der Waals surface area contributed by atoms with E-state index in [4.69, 9.17) is 4.74 Å². The molecule has 16 heavy (non-hydrogen) atoms. The average Bonchev–Trinajstić information content (AvgIpc) is 3.01. The minimum atomic E-state index is 0.401. The molecule has 0 bridgehead atoms. The highest BCUT2D eigenvalue weighted by molar-refractivity contribution is 5.59. The van der Waals surface area contributed by atoms with E-state index in [1.165, 1.54) is 12.8 Å². The van der Waals surface area contributed by atoms with Gasteiger partial charge in [-0.2, -0.15) is 0 Å². The number of pyridine rings is 1. The maximum absolute atomic E-state index is 5.88. The molecule has 0 aromatic carbocycles. The predicted octanol–water partition coefficient (Wildman–Crippen LogP) is 1.75. The number of hydrogen-bond acceptors (Lipinski definition) is 4. The molecule has 4 nitrogen and oxygen atoms in total. The van der Waals surface area contributed by atoms with Gasteiger partial charge in [0.25, 0.3) is 0 Å². The van der Waals surface area contributed by atoms with Gasteiger partial charge in [-0.05, 0) is 12.8 Å². The van der Waals surface area contributed by atoms with Crippen molar-refractivity contribution < 1.29 is 4.74 Å². The first-order chi connectivity index (χ1) is 7.58. The molecule has 2 rings (SSSR count). The first kappa shape index (κ1) is 11.0. The Kier molecular flexibility index (Phi) is 2.90. The van der Waals surface area contributed by atoms with Crippen molar-refractivity contribution >= 4 is 11.5 Å². The third-order valence-electron chi connectivity index (χ3n) is 2.58. The lowest BCUT2D eigenvalue weighted by molar-refractivity contribution is 0.303. The third kappa shape index (κ3) is 2.38. The Morgan fingerprint density at radius 2 is 1.88 bits per heavy atom. The minimum absolute atomic E-state index is 0.401. The predicted molar refractivity (Wildman–Crippen MR) is 66.5 cm³/mol. The first-order valence-corrected chi connectivity index (χ1v) is 5.59. The van der Waals surface area contributed by atoms with Crippen LogP contribution in [-0.4, -0.2) is 39.3 Å². The summed E-state index contributed by atoms with van der Waals surface area (Å²) in [5.41, 5.74) is 1.07. The van der Waals surface area contributed by atoms with E-state index in [0.29, 0.717) is 6.10 Å². The minimum Gasteiger partial charge on any atom is -0.486 e. The zero-order valence-electron chi connectivity index (χ0n) is 10.4.